The summed E-state index contributed by atoms with van der Waals surface area (Å²) in [7, 11) is -2.34. The second-order valence-corrected chi connectivity index (χ2v) is 5.32. The van der Waals surface area contributed by atoms with Gasteiger partial charge in [0.05, 0.1) is 5.76 Å². The fraction of sp³-hybridized carbons (Fsp3) is 0.714. The summed E-state index contributed by atoms with van der Waals surface area (Å²) in [6, 6.07) is 0. The molecule has 10 heavy (non-hydrogen) atoms. The monoisotopic (exact) mass is 162 g/mol. The molecule has 0 spiro atoms. The molecular weight excluding hydrogens is 147 g/mol. The van der Waals surface area contributed by atoms with Crippen LogP contribution in [0.15, 0.2) is 12.3 Å². The minimum absolute atomic E-state index is 0.548. The smallest absolute Gasteiger partial charge is 0.247 e. The van der Waals surface area contributed by atoms with Gasteiger partial charge in [0.2, 0.25) is 7.37 Å². The fourth-order valence-electron chi connectivity index (χ4n) is 0.637. The van der Waals surface area contributed by atoms with Gasteiger partial charge in [0.1, 0.15) is 0 Å². The Morgan fingerprint density at radius 1 is 1.50 bits per heavy atom. The molecule has 0 aliphatic heterocycles. The first kappa shape index (κ1) is 9.77. The van der Waals surface area contributed by atoms with Crippen LogP contribution in [0.1, 0.15) is 20.8 Å². The maximum Gasteiger partial charge on any atom is 0.247 e. The maximum atomic E-state index is 11.5. The normalized spacial score (nSPS) is 11.1. The van der Waals surface area contributed by atoms with Crippen molar-refractivity contribution in [1.29, 1.82) is 0 Å². The summed E-state index contributed by atoms with van der Waals surface area (Å²) in [6.07, 6.45) is 1.19. The van der Waals surface area contributed by atoms with Gasteiger partial charge in [-0.3, -0.25) is 4.57 Å². The van der Waals surface area contributed by atoms with Crippen LogP contribution in [0.5, 0.6) is 0 Å². The SMILES string of the molecule is C=C(C)OP(=O)(CC)CC. The highest BCUT2D eigenvalue weighted by atomic mass is 31.2. The average Bonchev–Trinajstić information content (AvgIpc) is 1.87. The minimum Gasteiger partial charge on any atom is -0.448 e. The fourth-order valence-corrected chi connectivity index (χ4v) is 1.91. The van der Waals surface area contributed by atoms with E-state index in [2.05, 4.69) is 6.58 Å². The van der Waals surface area contributed by atoms with E-state index in [4.69, 9.17) is 4.52 Å². The number of rotatable bonds is 4. The number of hydrogen-bond donors (Lipinski definition) is 0. The first-order valence-electron chi connectivity index (χ1n) is 3.47. The van der Waals surface area contributed by atoms with Gasteiger partial charge in [0.15, 0.2) is 0 Å². The Bertz CT molecular complexity index is 155. The summed E-state index contributed by atoms with van der Waals surface area (Å²) in [5.74, 6) is 0.548. The summed E-state index contributed by atoms with van der Waals surface area (Å²) >= 11 is 0. The lowest BCUT2D eigenvalue weighted by molar-refractivity contribution is 0.408. The van der Waals surface area contributed by atoms with Crippen LogP contribution in [0.25, 0.3) is 0 Å². The molecule has 0 saturated carbocycles. The van der Waals surface area contributed by atoms with Crippen LogP contribution in [0.4, 0.5) is 0 Å². The third-order valence-corrected chi connectivity index (χ3v) is 3.86. The Labute approximate surface area is 62.7 Å². The van der Waals surface area contributed by atoms with Crippen molar-refractivity contribution in [2.45, 2.75) is 20.8 Å². The van der Waals surface area contributed by atoms with E-state index in [9.17, 15) is 4.57 Å². The van der Waals surface area contributed by atoms with Crippen molar-refractivity contribution in [2.24, 2.45) is 0 Å². The highest BCUT2D eigenvalue weighted by Crippen LogP contribution is 2.47. The van der Waals surface area contributed by atoms with Gasteiger partial charge >= 0.3 is 0 Å². The second-order valence-electron chi connectivity index (χ2n) is 2.24. The summed E-state index contributed by atoms with van der Waals surface area (Å²) in [4.78, 5) is 0. The predicted molar refractivity (Wildman–Crippen MR) is 44.6 cm³/mol. The van der Waals surface area contributed by atoms with E-state index in [0.717, 1.165) is 0 Å². The van der Waals surface area contributed by atoms with E-state index in [1.165, 1.54) is 0 Å². The molecule has 0 amide bonds. The minimum atomic E-state index is -2.34. The highest BCUT2D eigenvalue weighted by molar-refractivity contribution is 7.59. The van der Waals surface area contributed by atoms with Gasteiger partial charge in [-0.25, -0.2) is 0 Å². The molecule has 0 aromatic carbocycles. The molecule has 0 radical (unpaired) electrons. The van der Waals surface area contributed by atoms with Gasteiger partial charge in [0, 0.05) is 12.3 Å². The Morgan fingerprint density at radius 3 is 2.00 bits per heavy atom. The van der Waals surface area contributed by atoms with Gasteiger partial charge in [-0.1, -0.05) is 20.4 Å². The predicted octanol–water partition coefficient (Wildman–Crippen LogP) is 2.85. The molecule has 3 heteroatoms. The number of hydrogen-bond acceptors (Lipinski definition) is 2. The van der Waals surface area contributed by atoms with Crippen LogP contribution in [0, 0.1) is 0 Å². The molecule has 0 saturated heterocycles. The van der Waals surface area contributed by atoms with Gasteiger partial charge in [0.25, 0.3) is 0 Å². The molecule has 0 aliphatic rings. The molecule has 0 aromatic rings. The lowest BCUT2D eigenvalue weighted by Gasteiger charge is -2.15. The van der Waals surface area contributed by atoms with Gasteiger partial charge in [-0.2, -0.15) is 0 Å². The summed E-state index contributed by atoms with van der Waals surface area (Å²) < 4.78 is 16.6. The summed E-state index contributed by atoms with van der Waals surface area (Å²) in [5, 5.41) is 0. The number of allylic oxidation sites excluding steroid dienone is 1. The summed E-state index contributed by atoms with van der Waals surface area (Å²) in [6.45, 7) is 9.00. The van der Waals surface area contributed by atoms with Crippen molar-refractivity contribution >= 4 is 7.37 Å². The Morgan fingerprint density at radius 2 is 1.90 bits per heavy atom. The van der Waals surface area contributed by atoms with Crippen LogP contribution >= 0.6 is 7.37 Å². The molecular formula is C7H15O2P. The standard InChI is InChI=1S/C7H15O2P/c1-5-10(8,6-2)9-7(3)4/h3,5-6H2,1-2,4H3. The van der Waals surface area contributed by atoms with Gasteiger partial charge in [-0.15, -0.1) is 0 Å². The van der Waals surface area contributed by atoms with Gasteiger partial charge in [-0.05, 0) is 6.92 Å². The lowest BCUT2D eigenvalue weighted by atomic mass is 10.7. The zero-order chi connectivity index (χ0) is 8.20. The van der Waals surface area contributed by atoms with E-state index in [1.54, 1.807) is 6.92 Å². The van der Waals surface area contributed by atoms with E-state index >= 15 is 0 Å². The maximum absolute atomic E-state index is 11.5. The molecule has 0 heterocycles. The van der Waals surface area contributed by atoms with Crippen LogP contribution < -0.4 is 0 Å². The van der Waals surface area contributed by atoms with Crippen molar-refractivity contribution < 1.29 is 9.09 Å². The van der Waals surface area contributed by atoms with E-state index in [1.807, 2.05) is 13.8 Å². The van der Waals surface area contributed by atoms with Crippen LogP contribution in [-0.2, 0) is 9.09 Å². The van der Waals surface area contributed by atoms with E-state index in [-0.39, 0.29) is 0 Å². The molecule has 0 fully saturated rings. The molecule has 60 valence electrons. The highest BCUT2D eigenvalue weighted by Gasteiger charge is 2.17. The topological polar surface area (TPSA) is 26.3 Å². The largest absolute Gasteiger partial charge is 0.448 e. The molecule has 0 atom stereocenters. The van der Waals surface area contributed by atoms with Crippen LogP contribution in [-0.4, -0.2) is 12.3 Å². The van der Waals surface area contributed by atoms with Crippen molar-refractivity contribution in [3.63, 3.8) is 0 Å². The van der Waals surface area contributed by atoms with Crippen molar-refractivity contribution in [2.75, 3.05) is 12.3 Å². The van der Waals surface area contributed by atoms with Crippen molar-refractivity contribution in [1.82, 2.24) is 0 Å². The zero-order valence-electron chi connectivity index (χ0n) is 6.89. The summed E-state index contributed by atoms with van der Waals surface area (Å²) in [5.41, 5.74) is 0. The first-order valence-corrected chi connectivity index (χ1v) is 5.46. The molecule has 0 rings (SSSR count). The Hall–Kier alpha value is -0.230. The van der Waals surface area contributed by atoms with Gasteiger partial charge < -0.3 is 4.52 Å². The molecule has 2 nitrogen and oxygen atoms in total. The second kappa shape index (κ2) is 3.82. The average molecular weight is 162 g/mol. The van der Waals surface area contributed by atoms with Crippen molar-refractivity contribution in [3.8, 4) is 0 Å². The van der Waals surface area contributed by atoms with Crippen LogP contribution in [0.2, 0.25) is 0 Å². The lowest BCUT2D eigenvalue weighted by Crippen LogP contribution is -1.92. The third kappa shape index (κ3) is 3.07. The molecule has 0 bridgehead atoms. The molecule has 0 unspecified atom stereocenters. The zero-order valence-corrected chi connectivity index (χ0v) is 7.78. The first-order chi connectivity index (χ1) is 4.54. The van der Waals surface area contributed by atoms with Crippen molar-refractivity contribution in [3.05, 3.63) is 12.3 Å². The Kier molecular flexibility index (Phi) is 3.73. The molecule has 0 aliphatic carbocycles. The molecule has 0 N–H and O–H groups in total. The van der Waals surface area contributed by atoms with Crippen LogP contribution in [0.3, 0.4) is 0 Å². The Balaban J connectivity index is 4.07. The van der Waals surface area contributed by atoms with E-state index < -0.39 is 7.37 Å². The molecule has 0 aromatic heterocycles. The van der Waals surface area contributed by atoms with E-state index in [0.29, 0.717) is 18.1 Å². The quantitative estimate of drug-likeness (QED) is 0.469. The third-order valence-electron chi connectivity index (χ3n) is 1.29.